The highest BCUT2D eigenvalue weighted by Gasteiger charge is 1.88. The molecule has 0 unspecified atom stereocenters. The SMILES string of the molecule is CC.CC.CC.CC.CC.CC.CC.CC.CC.Cc1ccnc(C)c1.Cc1ccnc(C)n1.Cc1ccnc(C)n1.Cc1cnc(C)cn1.Cc1cnc(C)cn1.Cc1cnc(C)nc1.Cc1cnc(C)nc1.Cc1cncc(C)c1.Cc1cncc(C)n1. The van der Waals surface area contributed by atoms with Gasteiger partial charge in [-0.3, -0.25) is 39.9 Å². The van der Waals surface area contributed by atoms with E-state index in [0.717, 1.165) is 85.7 Å². The van der Waals surface area contributed by atoms with Crippen LogP contribution in [0.25, 0.3) is 0 Å². The normalized spacial score (nSPS) is 8.00. The van der Waals surface area contributed by atoms with Gasteiger partial charge in [-0.2, -0.15) is 0 Å². The molecule has 9 aromatic heterocycles. The smallest absolute Gasteiger partial charge is 0.125 e. The third-order valence-electron chi connectivity index (χ3n) is 8.41. The molecule has 0 aliphatic carbocycles. The monoisotopic (exact) mass is 1240 g/mol. The fourth-order valence-corrected chi connectivity index (χ4v) is 4.96. The number of aromatic nitrogens is 16. The predicted molar refractivity (Wildman–Crippen MR) is 390 cm³/mol. The van der Waals surface area contributed by atoms with E-state index in [-0.39, 0.29) is 0 Å². The zero-order chi connectivity index (χ0) is 71.8. The molecule has 0 bridgehead atoms. The Morgan fingerprint density at radius 3 is 0.622 bits per heavy atom. The molecule has 9 rings (SSSR count). The highest BCUT2D eigenvalue weighted by atomic mass is 14.9. The Bertz CT molecular complexity index is 2230. The maximum atomic E-state index is 4.11. The first kappa shape index (κ1) is 101. The van der Waals surface area contributed by atoms with Crippen molar-refractivity contribution in [1.29, 1.82) is 0 Å². The molecule has 0 amide bonds. The Hall–Kier alpha value is -8.14. The summed E-state index contributed by atoms with van der Waals surface area (Å²) in [5, 5.41) is 0. The van der Waals surface area contributed by atoms with Gasteiger partial charge in [-0.15, -0.1) is 0 Å². The molecule has 0 radical (unpaired) electrons. The van der Waals surface area contributed by atoms with Crippen molar-refractivity contribution in [1.82, 2.24) is 79.7 Å². The van der Waals surface area contributed by atoms with E-state index < -0.39 is 0 Å². The largest absolute Gasteiger partial charge is 0.264 e. The molecular formula is C74H128N16. The summed E-state index contributed by atoms with van der Waals surface area (Å²) in [5.74, 6) is 3.33. The van der Waals surface area contributed by atoms with Crippen LogP contribution in [0.4, 0.5) is 0 Å². The summed E-state index contributed by atoms with van der Waals surface area (Å²) in [6, 6.07) is 9.92. The molecule has 0 saturated heterocycles. The number of aryl methyl sites for hydroxylation is 18. The first-order valence-electron chi connectivity index (χ1n) is 32.2. The molecular weight excluding hydrogens is 1110 g/mol. The molecule has 0 saturated carbocycles. The second kappa shape index (κ2) is 77.0. The molecule has 0 aromatic carbocycles. The van der Waals surface area contributed by atoms with Crippen molar-refractivity contribution in [3.05, 3.63) is 226 Å². The minimum absolute atomic E-state index is 0.829. The van der Waals surface area contributed by atoms with E-state index in [4.69, 9.17) is 0 Å². The second-order valence-electron chi connectivity index (χ2n) is 16.5. The van der Waals surface area contributed by atoms with Gasteiger partial charge in [0.25, 0.3) is 0 Å². The molecule has 16 heteroatoms. The Labute approximate surface area is 552 Å². The van der Waals surface area contributed by atoms with Crippen LogP contribution in [-0.4, -0.2) is 79.7 Å². The maximum absolute atomic E-state index is 4.11. The average Bonchev–Trinajstić information content (AvgIpc) is 3.56. The molecule has 9 aromatic rings. The van der Waals surface area contributed by atoms with Crippen molar-refractivity contribution in [3.8, 4) is 0 Å². The third kappa shape index (κ3) is 74.1. The first-order valence-corrected chi connectivity index (χ1v) is 32.2. The van der Waals surface area contributed by atoms with Gasteiger partial charge in [-0.05, 0) is 177 Å². The first-order chi connectivity index (χ1) is 43.1. The number of pyridine rings is 2. The Morgan fingerprint density at radius 2 is 0.456 bits per heavy atom. The van der Waals surface area contributed by atoms with Crippen LogP contribution in [0.5, 0.6) is 0 Å². The van der Waals surface area contributed by atoms with Crippen LogP contribution < -0.4 is 0 Å². The van der Waals surface area contributed by atoms with Gasteiger partial charge in [0.2, 0.25) is 0 Å². The van der Waals surface area contributed by atoms with E-state index in [9.17, 15) is 0 Å². The number of hydrogen-bond donors (Lipinski definition) is 0. The quantitative estimate of drug-likeness (QED) is 0.138. The van der Waals surface area contributed by atoms with E-state index in [1.165, 1.54) is 16.7 Å². The molecule has 16 nitrogen and oxygen atoms in total. The van der Waals surface area contributed by atoms with E-state index in [2.05, 4.69) is 98.8 Å². The van der Waals surface area contributed by atoms with Gasteiger partial charge in [-0.25, -0.2) is 39.9 Å². The maximum Gasteiger partial charge on any atom is 0.125 e. The van der Waals surface area contributed by atoms with Gasteiger partial charge in [-0.1, -0.05) is 131 Å². The van der Waals surface area contributed by atoms with Gasteiger partial charge in [0.15, 0.2) is 0 Å². The summed E-state index contributed by atoms with van der Waals surface area (Å²) in [7, 11) is 0. The van der Waals surface area contributed by atoms with Gasteiger partial charge in [0.1, 0.15) is 23.3 Å². The minimum atomic E-state index is 0.829. The van der Waals surface area contributed by atoms with Crippen LogP contribution >= 0.6 is 0 Å². The zero-order valence-corrected chi connectivity index (χ0v) is 63.7. The zero-order valence-electron chi connectivity index (χ0n) is 63.7. The number of nitrogens with zero attached hydrogens (tertiary/aromatic N) is 16. The van der Waals surface area contributed by atoms with Crippen LogP contribution in [0.15, 0.2) is 123 Å². The van der Waals surface area contributed by atoms with Crippen LogP contribution in [-0.2, 0) is 0 Å². The van der Waals surface area contributed by atoms with Gasteiger partial charge >= 0.3 is 0 Å². The lowest BCUT2D eigenvalue weighted by atomic mass is 10.2. The van der Waals surface area contributed by atoms with Gasteiger partial charge in [0.05, 0.1) is 34.2 Å². The Kier molecular flexibility index (Phi) is 86.2. The van der Waals surface area contributed by atoms with Crippen molar-refractivity contribution in [2.45, 2.75) is 249 Å². The van der Waals surface area contributed by atoms with Crippen LogP contribution in [0.2, 0.25) is 0 Å². The van der Waals surface area contributed by atoms with Crippen molar-refractivity contribution >= 4 is 0 Å². The summed E-state index contributed by atoms with van der Waals surface area (Å²) >= 11 is 0. The van der Waals surface area contributed by atoms with Crippen LogP contribution in [0.3, 0.4) is 0 Å². The van der Waals surface area contributed by atoms with Crippen molar-refractivity contribution in [2.75, 3.05) is 0 Å². The Morgan fingerprint density at radius 1 is 0.178 bits per heavy atom. The molecule has 0 aliphatic rings. The third-order valence-corrected chi connectivity index (χ3v) is 8.41. The van der Waals surface area contributed by atoms with Gasteiger partial charge < -0.3 is 0 Å². The molecule has 9 heterocycles. The van der Waals surface area contributed by atoms with E-state index in [0.29, 0.717) is 0 Å². The lowest BCUT2D eigenvalue weighted by molar-refractivity contribution is 1.01. The molecule has 0 fully saturated rings. The molecule has 0 aliphatic heterocycles. The average molecular weight is 1240 g/mol. The molecule has 0 N–H and O–H groups in total. The van der Waals surface area contributed by atoms with Crippen LogP contribution in [0.1, 0.15) is 227 Å². The standard InChI is InChI=1S/2C7H9N.7C6H8N2.9C2H6/c1-6-3-7(2)5-8-4-6;1-6-3-4-8-7(2)5-6;2*1-5-3-8-6(2)4-7-5;1-5-3-7-4-6(2)8-5;2*1-5-3-7-6(2)8-4-5;2*1-5-3-4-7-6(2)8-5;9*1-2/h2*3-5H,1-2H3;7*3-4H,1-2H3;9*1-2H3. The second-order valence-corrected chi connectivity index (χ2v) is 16.5. The predicted octanol–water partition coefficient (Wildman–Crippen LogP) is 20.3. The fourth-order valence-electron chi connectivity index (χ4n) is 4.96. The van der Waals surface area contributed by atoms with Crippen molar-refractivity contribution in [3.63, 3.8) is 0 Å². The van der Waals surface area contributed by atoms with Crippen LogP contribution in [0, 0.1) is 125 Å². The van der Waals surface area contributed by atoms with E-state index in [1.807, 2.05) is 304 Å². The molecule has 0 spiro atoms. The highest BCUT2D eigenvalue weighted by Crippen LogP contribution is 1.98. The lowest BCUT2D eigenvalue weighted by Gasteiger charge is -1.90. The fraction of sp³-hybridized carbons (Fsp3) is 0.486. The lowest BCUT2D eigenvalue weighted by Crippen LogP contribution is -1.86. The number of rotatable bonds is 0. The molecule has 0 atom stereocenters. The number of hydrogen-bond acceptors (Lipinski definition) is 16. The summed E-state index contributed by atoms with van der Waals surface area (Å²) in [6.45, 7) is 71.1. The topological polar surface area (TPSA) is 206 Å². The summed E-state index contributed by atoms with van der Waals surface area (Å²) in [5.41, 5.74) is 14.9. The van der Waals surface area contributed by atoms with E-state index >= 15 is 0 Å². The minimum Gasteiger partial charge on any atom is -0.264 e. The Balaban J connectivity index is -0.000000113. The van der Waals surface area contributed by atoms with Crippen molar-refractivity contribution in [2.24, 2.45) is 0 Å². The van der Waals surface area contributed by atoms with E-state index in [1.54, 1.807) is 49.6 Å². The van der Waals surface area contributed by atoms with Crippen molar-refractivity contribution < 1.29 is 0 Å². The highest BCUT2D eigenvalue weighted by molar-refractivity contribution is 5.14. The van der Waals surface area contributed by atoms with Gasteiger partial charge in [0, 0.05) is 110 Å². The summed E-state index contributed by atoms with van der Waals surface area (Å²) in [4.78, 5) is 64.0. The molecule has 504 valence electrons. The molecule has 90 heavy (non-hydrogen) atoms. The summed E-state index contributed by atoms with van der Waals surface area (Å²) < 4.78 is 0. The summed E-state index contributed by atoms with van der Waals surface area (Å²) in [6.07, 6.45) is 26.8.